The van der Waals surface area contributed by atoms with Crippen LogP contribution in [0, 0.1) is 11.3 Å². The zero-order valence-electron chi connectivity index (χ0n) is 10.0. The number of hydrazone groups is 1. The summed E-state index contributed by atoms with van der Waals surface area (Å²) in [5, 5.41) is 12.3. The van der Waals surface area contributed by atoms with Gasteiger partial charge in [0.1, 0.15) is 10.1 Å². The summed E-state index contributed by atoms with van der Waals surface area (Å²) in [6.45, 7) is 1.69. The third-order valence-electron chi connectivity index (χ3n) is 1.85. The van der Waals surface area contributed by atoms with E-state index in [4.69, 9.17) is 5.26 Å². The molecule has 0 aliphatic carbocycles. The van der Waals surface area contributed by atoms with E-state index >= 15 is 0 Å². The molecule has 8 heteroatoms. The van der Waals surface area contributed by atoms with Crippen molar-refractivity contribution < 1.29 is 42.5 Å². The van der Waals surface area contributed by atoms with E-state index in [9.17, 15) is 13.0 Å². The number of nitriles is 1. The number of hydrogen-bond donors (Lipinski definition) is 1. The molecule has 0 fully saturated rings. The molecule has 0 unspecified atom stereocenters. The normalized spacial score (nSPS) is 11.3. The summed E-state index contributed by atoms with van der Waals surface area (Å²) in [4.78, 5) is -0.291. The van der Waals surface area contributed by atoms with Crippen LogP contribution in [0.3, 0.4) is 0 Å². The molecule has 0 heterocycles. The third kappa shape index (κ3) is 5.62. The van der Waals surface area contributed by atoms with Crippen molar-refractivity contribution in [2.75, 3.05) is 5.43 Å². The Morgan fingerprint density at radius 1 is 1.44 bits per heavy atom. The summed E-state index contributed by atoms with van der Waals surface area (Å²) in [5.74, 6) is 0. The average Bonchev–Trinajstić information content (AvgIpc) is 2.26. The van der Waals surface area contributed by atoms with Crippen LogP contribution in [0.25, 0.3) is 0 Å². The number of nitrogens with one attached hydrogen (secondary N) is 1. The first-order valence-corrected chi connectivity index (χ1v) is 6.06. The molecule has 0 aliphatic heterocycles. The smallest absolute Gasteiger partial charge is 0.744 e. The molecule has 0 saturated heterocycles. The zero-order valence-corrected chi connectivity index (χ0v) is 12.9. The van der Waals surface area contributed by atoms with Crippen LogP contribution in [0.1, 0.15) is 13.3 Å². The fourth-order valence-corrected chi connectivity index (χ4v) is 1.48. The van der Waals surface area contributed by atoms with Gasteiger partial charge in [-0.2, -0.15) is 10.4 Å². The van der Waals surface area contributed by atoms with Crippen molar-refractivity contribution in [3.63, 3.8) is 0 Å². The molecule has 6 nitrogen and oxygen atoms in total. The first kappa shape index (κ1) is 17.1. The second kappa shape index (κ2) is 7.51. The SMILES string of the molecule is C/C(CC#N)=N/Nc1ccc(S(=O)(=O)[O-])cc1.[Na+]. The summed E-state index contributed by atoms with van der Waals surface area (Å²) in [6.07, 6.45) is 0.208. The molecule has 0 amide bonds. The predicted octanol–water partition coefficient (Wildman–Crippen LogP) is -1.70. The second-order valence-corrected chi connectivity index (χ2v) is 4.65. The fourth-order valence-electron chi connectivity index (χ4n) is 1.01. The Bertz CT molecular complexity index is 561. The van der Waals surface area contributed by atoms with Gasteiger partial charge in [-0.3, -0.25) is 5.43 Å². The topological polar surface area (TPSA) is 105 Å². The summed E-state index contributed by atoms with van der Waals surface area (Å²) in [6, 6.07) is 7.18. The molecule has 18 heavy (non-hydrogen) atoms. The largest absolute Gasteiger partial charge is 1.00 e. The molecule has 1 N–H and O–H groups in total. The summed E-state index contributed by atoms with van der Waals surface area (Å²) in [7, 11) is -4.42. The molecule has 0 bridgehead atoms. The number of nitrogens with zero attached hydrogens (tertiary/aromatic N) is 2. The maximum atomic E-state index is 10.7. The van der Waals surface area contributed by atoms with E-state index in [1.807, 2.05) is 6.07 Å². The van der Waals surface area contributed by atoms with Gasteiger partial charge in [-0.1, -0.05) is 0 Å². The second-order valence-electron chi connectivity index (χ2n) is 3.27. The zero-order chi connectivity index (χ0) is 12.9. The first-order valence-electron chi connectivity index (χ1n) is 4.65. The maximum Gasteiger partial charge on any atom is 1.00 e. The van der Waals surface area contributed by atoms with Gasteiger partial charge < -0.3 is 4.55 Å². The average molecular weight is 275 g/mol. The van der Waals surface area contributed by atoms with Gasteiger partial charge in [0.2, 0.25) is 0 Å². The van der Waals surface area contributed by atoms with Gasteiger partial charge in [-0.15, -0.1) is 0 Å². The van der Waals surface area contributed by atoms with Crippen molar-refractivity contribution >= 4 is 21.5 Å². The van der Waals surface area contributed by atoms with E-state index in [1.165, 1.54) is 24.3 Å². The Morgan fingerprint density at radius 3 is 2.44 bits per heavy atom. The van der Waals surface area contributed by atoms with Gasteiger partial charge in [-0.05, 0) is 31.2 Å². The summed E-state index contributed by atoms with van der Waals surface area (Å²) < 4.78 is 32.0. The van der Waals surface area contributed by atoms with Crippen molar-refractivity contribution in [2.45, 2.75) is 18.2 Å². The van der Waals surface area contributed by atoms with Gasteiger partial charge in [0, 0.05) is 5.71 Å². The van der Waals surface area contributed by atoms with E-state index in [0.717, 1.165) is 0 Å². The molecule has 0 spiro atoms. The van der Waals surface area contributed by atoms with Gasteiger partial charge >= 0.3 is 29.6 Å². The first-order chi connectivity index (χ1) is 7.93. The van der Waals surface area contributed by atoms with Crippen LogP contribution in [-0.2, 0) is 10.1 Å². The van der Waals surface area contributed by atoms with E-state index in [0.29, 0.717) is 11.4 Å². The minimum atomic E-state index is -4.42. The van der Waals surface area contributed by atoms with Gasteiger partial charge in [0.15, 0.2) is 0 Å². The number of hydrogen-bond acceptors (Lipinski definition) is 6. The standard InChI is InChI=1S/C10H11N3O3S.Na/c1-8(6-7-11)12-13-9-2-4-10(5-3-9)17(14,15)16;/h2-5,13H,6H2,1H3,(H,14,15,16);/q;+1/p-1/b12-8-;. The van der Waals surface area contributed by atoms with Crippen LogP contribution in [0.4, 0.5) is 5.69 Å². The van der Waals surface area contributed by atoms with Crippen molar-refractivity contribution in [3.8, 4) is 6.07 Å². The maximum absolute atomic E-state index is 10.7. The minimum Gasteiger partial charge on any atom is -0.744 e. The third-order valence-corrected chi connectivity index (χ3v) is 2.70. The van der Waals surface area contributed by atoms with Gasteiger partial charge in [0.05, 0.1) is 23.1 Å². The molecule has 1 rings (SSSR count). The summed E-state index contributed by atoms with van der Waals surface area (Å²) in [5.41, 5.74) is 3.79. The van der Waals surface area contributed by atoms with Crippen molar-refractivity contribution in [1.29, 1.82) is 5.26 Å². The molecule has 0 atom stereocenters. The quantitative estimate of drug-likeness (QED) is 0.305. The van der Waals surface area contributed by atoms with Crippen molar-refractivity contribution in [3.05, 3.63) is 24.3 Å². The van der Waals surface area contributed by atoms with Crippen LogP contribution in [-0.4, -0.2) is 18.7 Å². The minimum absolute atomic E-state index is 0. The molecule has 1 aromatic rings. The van der Waals surface area contributed by atoms with Crippen LogP contribution < -0.4 is 35.0 Å². The Labute approximate surface area is 128 Å². The van der Waals surface area contributed by atoms with Crippen LogP contribution in [0.2, 0.25) is 0 Å². The molecule has 0 saturated carbocycles. The predicted molar refractivity (Wildman–Crippen MR) is 61.4 cm³/mol. The van der Waals surface area contributed by atoms with E-state index in [-0.39, 0.29) is 40.9 Å². The monoisotopic (exact) mass is 275 g/mol. The van der Waals surface area contributed by atoms with Crippen LogP contribution >= 0.6 is 0 Å². The van der Waals surface area contributed by atoms with Gasteiger partial charge in [0.25, 0.3) is 0 Å². The van der Waals surface area contributed by atoms with Crippen LogP contribution in [0.15, 0.2) is 34.3 Å². The van der Waals surface area contributed by atoms with E-state index in [1.54, 1.807) is 6.92 Å². The summed E-state index contributed by atoms with van der Waals surface area (Å²) >= 11 is 0. The van der Waals surface area contributed by atoms with E-state index < -0.39 is 10.1 Å². The van der Waals surface area contributed by atoms with Gasteiger partial charge in [-0.25, -0.2) is 8.42 Å². The Hall–Kier alpha value is -0.910. The van der Waals surface area contributed by atoms with Crippen molar-refractivity contribution in [1.82, 2.24) is 0 Å². The Balaban J connectivity index is 0.00000289. The molecular formula is C10H10N3NaO3S. The van der Waals surface area contributed by atoms with Crippen molar-refractivity contribution in [2.24, 2.45) is 5.10 Å². The fraction of sp³-hybridized carbons (Fsp3) is 0.200. The molecule has 0 aromatic heterocycles. The molecule has 90 valence electrons. The number of anilines is 1. The molecule has 0 radical (unpaired) electrons. The van der Waals surface area contributed by atoms with Crippen LogP contribution in [0.5, 0.6) is 0 Å². The Kier molecular flexibility index (Phi) is 7.13. The van der Waals surface area contributed by atoms with E-state index in [2.05, 4.69) is 10.5 Å². The molecule has 1 aromatic carbocycles. The Morgan fingerprint density at radius 2 is 2.00 bits per heavy atom. The molecule has 0 aliphatic rings. The number of rotatable bonds is 4. The molecular weight excluding hydrogens is 265 g/mol. The number of benzene rings is 1.